The van der Waals surface area contributed by atoms with Crippen molar-refractivity contribution in [3.05, 3.63) is 118 Å². The number of phenols is 1. The maximum atomic E-state index is 9.65. The molecule has 0 spiro atoms. The number of rotatable bonds is 3. The fourth-order valence-corrected chi connectivity index (χ4v) is 6.58. The number of allylic oxidation sites excluding steroid dienone is 4. The molecule has 1 aliphatic carbocycles. The summed E-state index contributed by atoms with van der Waals surface area (Å²) in [7, 11) is -1.50. The molecule has 0 saturated heterocycles. The van der Waals surface area contributed by atoms with Gasteiger partial charge in [0.05, 0.1) is 8.07 Å². The molecule has 0 bridgehead atoms. The zero-order chi connectivity index (χ0) is 28.7. The first-order valence-electron chi connectivity index (χ1n) is 13.4. The van der Waals surface area contributed by atoms with Crippen LogP contribution in [0.4, 0.5) is 0 Å². The molecule has 0 fully saturated rings. The molecule has 0 aromatic heterocycles. The average Bonchev–Trinajstić information content (AvgIpc) is 3.09. The van der Waals surface area contributed by atoms with E-state index in [0.29, 0.717) is 16.7 Å². The molecule has 3 aromatic carbocycles. The molecule has 0 amide bonds. The third-order valence-electron chi connectivity index (χ3n) is 8.02. The monoisotopic (exact) mass is 557 g/mol. The number of aromatic hydroxyl groups is 1. The molecular weight excluding hydrogens is 512 g/mol. The third-order valence-corrected chi connectivity index (χ3v) is 14.4. The Morgan fingerprint density at radius 2 is 1.29 bits per heavy atom. The standard InChI is InChI=1S/C13H22OSi.C13H10.C9H13.Ti/c1-10-7-11(14)9-12(8-10)15(5,6)13(2,3)4;1-3-7-12(8-4-1)11-13-9-5-2-6-10-13;1-6-5-7(2)9(4)8(6)3;/h7-9,14H,1-6H3;1-10H;6H,1-4H3;/q;;-1;+1. The zero-order valence-corrected chi connectivity index (χ0v) is 27.6. The molecule has 0 radical (unpaired) electrons. The van der Waals surface area contributed by atoms with Gasteiger partial charge in [-0.1, -0.05) is 71.8 Å². The van der Waals surface area contributed by atoms with Crippen molar-refractivity contribution >= 4 is 17.1 Å². The fraction of sp³-hybridized carbons (Fsp3) is 0.343. The van der Waals surface area contributed by atoms with Crippen molar-refractivity contribution in [2.24, 2.45) is 5.92 Å². The van der Waals surface area contributed by atoms with Crippen LogP contribution in [0.15, 0.2) is 95.6 Å². The Balaban J connectivity index is 0.000000206. The van der Waals surface area contributed by atoms with Crippen molar-refractivity contribution in [1.29, 1.82) is 0 Å². The predicted molar refractivity (Wildman–Crippen MR) is 166 cm³/mol. The number of benzene rings is 3. The van der Waals surface area contributed by atoms with Crippen molar-refractivity contribution in [2.45, 2.75) is 73.5 Å². The maximum absolute atomic E-state index is 9.65. The third kappa shape index (κ3) is 8.63. The summed E-state index contributed by atoms with van der Waals surface area (Å²) < 4.78 is 1.33. The van der Waals surface area contributed by atoms with Crippen LogP contribution in [-0.2, 0) is 20.0 Å². The molecule has 38 heavy (non-hydrogen) atoms. The quantitative estimate of drug-likeness (QED) is 0.252. The van der Waals surface area contributed by atoms with Crippen LogP contribution in [0.5, 0.6) is 5.75 Å². The van der Waals surface area contributed by atoms with Crippen LogP contribution < -0.4 is 5.19 Å². The molecule has 199 valence electrons. The van der Waals surface area contributed by atoms with Gasteiger partial charge >= 0.3 is 95.6 Å². The van der Waals surface area contributed by atoms with Crippen molar-refractivity contribution in [3.8, 4) is 5.75 Å². The second-order valence-electron chi connectivity index (χ2n) is 11.8. The molecule has 0 aliphatic heterocycles. The summed E-state index contributed by atoms with van der Waals surface area (Å²) in [5, 5.41) is 11.3. The minimum absolute atomic E-state index is 0.313. The normalized spacial score (nSPS) is 15.2. The van der Waals surface area contributed by atoms with E-state index < -0.39 is 8.07 Å². The van der Waals surface area contributed by atoms with Gasteiger partial charge in [0.25, 0.3) is 0 Å². The van der Waals surface area contributed by atoms with Crippen LogP contribution in [0.2, 0.25) is 18.1 Å². The molecule has 3 aromatic rings. The van der Waals surface area contributed by atoms with Crippen LogP contribution in [0.25, 0.3) is 0 Å². The van der Waals surface area contributed by atoms with Crippen LogP contribution >= 0.6 is 0 Å². The van der Waals surface area contributed by atoms with Gasteiger partial charge in [-0.05, 0) is 29.7 Å². The summed E-state index contributed by atoms with van der Waals surface area (Å²) in [6.45, 7) is 22.3. The first kappa shape index (κ1) is 32.0. The molecule has 1 aliphatic rings. The molecule has 0 saturated carbocycles. The van der Waals surface area contributed by atoms with Crippen LogP contribution in [0, 0.1) is 18.9 Å². The van der Waals surface area contributed by atoms with Gasteiger partial charge in [-0.15, -0.1) is 6.92 Å². The molecule has 1 atom stereocenters. The van der Waals surface area contributed by atoms with Gasteiger partial charge in [0, 0.05) is 0 Å². The van der Waals surface area contributed by atoms with Crippen molar-refractivity contribution in [3.63, 3.8) is 0 Å². The molecule has 1 unspecified atom stereocenters. The van der Waals surface area contributed by atoms with E-state index in [0.717, 1.165) is 5.56 Å². The van der Waals surface area contributed by atoms with Crippen molar-refractivity contribution < 1.29 is 25.1 Å². The van der Waals surface area contributed by atoms with Crippen molar-refractivity contribution in [2.75, 3.05) is 0 Å². The Bertz CT molecular complexity index is 1220. The van der Waals surface area contributed by atoms with Gasteiger partial charge < -0.3 is 5.11 Å². The summed E-state index contributed by atoms with van der Waals surface area (Å²) in [5.41, 5.74) is 7.97. The molecule has 1 N–H and O–H groups in total. The van der Waals surface area contributed by atoms with Crippen LogP contribution in [-0.4, -0.2) is 17.0 Å². The van der Waals surface area contributed by atoms with Crippen molar-refractivity contribution in [1.82, 2.24) is 0 Å². The van der Waals surface area contributed by atoms with E-state index in [-0.39, 0.29) is 0 Å². The Morgan fingerprint density at radius 1 is 0.816 bits per heavy atom. The zero-order valence-electron chi connectivity index (χ0n) is 25.0. The molecule has 3 heteroatoms. The average molecular weight is 558 g/mol. The Kier molecular flexibility index (Phi) is 11.5. The summed E-state index contributed by atoms with van der Waals surface area (Å²) in [6.07, 6.45) is 3.36. The van der Waals surface area contributed by atoms with Gasteiger partial charge in [-0.25, -0.2) is 5.57 Å². The Labute approximate surface area is 244 Å². The van der Waals surface area contributed by atoms with E-state index in [1.54, 1.807) is 0 Å². The first-order chi connectivity index (χ1) is 17.6. The first-order valence-corrected chi connectivity index (χ1v) is 17.2. The summed E-state index contributed by atoms with van der Waals surface area (Å²) >= 11 is 2.16. The summed E-state index contributed by atoms with van der Waals surface area (Å²) in [4.78, 5) is 0. The molecular formula is C35H45OSiTi. The van der Waals surface area contributed by atoms with E-state index in [1.807, 2.05) is 31.2 Å². The minimum atomic E-state index is -1.50. The summed E-state index contributed by atoms with van der Waals surface area (Å²) in [5.74, 6) is 0.958. The van der Waals surface area contributed by atoms with Gasteiger partial charge in [0.15, 0.2) is 0 Å². The number of phenolic OH excluding ortho intramolecular Hbond substituents is 1. The van der Waals surface area contributed by atoms with Gasteiger partial charge in [0.1, 0.15) is 5.75 Å². The summed E-state index contributed by atoms with van der Waals surface area (Å²) in [6, 6.07) is 26.9. The second kappa shape index (κ2) is 13.7. The number of hydrogen-bond acceptors (Lipinski definition) is 1. The van der Waals surface area contributed by atoms with Gasteiger partial charge in [0.2, 0.25) is 0 Å². The van der Waals surface area contributed by atoms with E-state index >= 15 is 0 Å². The van der Waals surface area contributed by atoms with E-state index in [4.69, 9.17) is 0 Å². The number of aryl methyl sites for hydroxylation is 1. The topological polar surface area (TPSA) is 20.2 Å². The van der Waals surface area contributed by atoms with E-state index in [1.165, 1.54) is 36.8 Å². The van der Waals surface area contributed by atoms with E-state index in [2.05, 4.69) is 142 Å². The SMILES string of the molecule is CC1=[C-]C(C)C(C)=C1C.Cc1cc(O)cc([Si](C)(C)C(C)(C)C)c1.[Ti+]=[C](c1ccccc1)c1ccccc1. The van der Waals surface area contributed by atoms with Gasteiger partial charge in [-0.2, -0.15) is 11.1 Å². The second-order valence-corrected chi connectivity index (χ2v) is 17.9. The van der Waals surface area contributed by atoms with Crippen LogP contribution in [0.1, 0.15) is 65.2 Å². The number of hydrogen-bond donors (Lipinski definition) is 1. The fourth-order valence-electron chi connectivity index (χ4n) is 4.09. The Hall–Kier alpha value is -2.26. The molecule has 4 rings (SSSR count). The van der Waals surface area contributed by atoms with E-state index in [9.17, 15) is 5.11 Å². The molecule has 0 heterocycles. The van der Waals surface area contributed by atoms with Crippen LogP contribution in [0.3, 0.4) is 0 Å². The Morgan fingerprint density at radius 3 is 1.61 bits per heavy atom. The predicted octanol–water partition coefficient (Wildman–Crippen LogP) is 8.94. The molecule has 1 nitrogen and oxygen atoms in total. The van der Waals surface area contributed by atoms with Gasteiger partial charge in [-0.3, -0.25) is 6.08 Å².